The van der Waals surface area contributed by atoms with Crippen LogP contribution in [0.1, 0.15) is 54.1 Å². The summed E-state index contributed by atoms with van der Waals surface area (Å²) in [4.78, 5) is 15.0. The third kappa shape index (κ3) is 3.88. The van der Waals surface area contributed by atoms with Crippen LogP contribution in [0.5, 0.6) is 0 Å². The number of carbonyl (C=O) groups is 1. The van der Waals surface area contributed by atoms with E-state index in [4.69, 9.17) is 0 Å². The molecule has 3 aromatic rings. The fraction of sp³-hybridized carbons (Fsp3) is 0.348. The number of benzene rings is 2. The highest BCUT2D eigenvalue weighted by molar-refractivity contribution is 5.75. The average molecular weight is 387 g/mol. The molecular formula is C23H25N5O. The van der Waals surface area contributed by atoms with Gasteiger partial charge in [-0.1, -0.05) is 65.9 Å². The second-order valence-electron chi connectivity index (χ2n) is 7.99. The molecule has 1 atom stereocenters. The van der Waals surface area contributed by atoms with Crippen LogP contribution >= 0.6 is 0 Å². The van der Waals surface area contributed by atoms with Gasteiger partial charge in [0.1, 0.15) is 0 Å². The van der Waals surface area contributed by atoms with Crippen molar-refractivity contribution in [2.75, 3.05) is 13.1 Å². The van der Waals surface area contributed by atoms with E-state index in [1.165, 1.54) is 12.8 Å². The van der Waals surface area contributed by atoms with E-state index in [-0.39, 0.29) is 18.1 Å². The number of rotatable bonds is 5. The van der Waals surface area contributed by atoms with Gasteiger partial charge in [0.05, 0.1) is 17.8 Å². The molecule has 29 heavy (non-hydrogen) atoms. The lowest BCUT2D eigenvalue weighted by atomic mass is 9.99. The zero-order valence-electron chi connectivity index (χ0n) is 16.3. The Hall–Kier alpha value is -3.15. The molecule has 2 amide bonds. The van der Waals surface area contributed by atoms with E-state index < -0.39 is 0 Å². The molecule has 2 aromatic carbocycles. The van der Waals surface area contributed by atoms with Crippen molar-refractivity contribution in [2.24, 2.45) is 0 Å². The lowest BCUT2D eigenvalue weighted by Crippen LogP contribution is -2.40. The lowest BCUT2D eigenvalue weighted by molar-refractivity contribution is 0.204. The molecule has 1 aliphatic carbocycles. The number of hydrogen-bond acceptors (Lipinski definition) is 3. The maximum Gasteiger partial charge on any atom is 0.318 e. The minimum absolute atomic E-state index is 0.0345. The number of nitrogens with one attached hydrogen (secondary N) is 1. The van der Waals surface area contributed by atoms with Crippen molar-refractivity contribution in [1.29, 1.82) is 0 Å². The smallest absolute Gasteiger partial charge is 0.318 e. The summed E-state index contributed by atoms with van der Waals surface area (Å²) in [5.74, 6) is 0.599. The molecule has 1 aliphatic heterocycles. The van der Waals surface area contributed by atoms with Crippen molar-refractivity contribution in [3.8, 4) is 0 Å². The van der Waals surface area contributed by atoms with E-state index >= 15 is 0 Å². The zero-order chi connectivity index (χ0) is 19.6. The summed E-state index contributed by atoms with van der Waals surface area (Å²) in [6.07, 6.45) is 5.42. The molecule has 1 N–H and O–H groups in total. The number of urea groups is 1. The summed E-state index contributed by atoms with van der Waals surface area (Å²) < 4.78 is 1.95. The first-order valence-corrected chi connectivity index (χ1v) is 10.3. The summed E-state index contributed by atoms with van der Waals surface area (Å²) in [7, 11) is 0. The fourth-order valence-electron chi connectivity index (χ4n) is 4.04. The number of nitrogens with zero attached hydrogens (tertiary/aromatic N) is 4. The van der Waals surface area contributed by atoms with E-state index in [1.54, 1.807) is 0 Å². The molecular weight excluding hydrogens is 362 g/mol. The molecule has 0 radical (unpaired) electrons. The number of hydrogen-bond donors (Lipinski definition) is 1. The maximum absolute atomic E-state index is 13.1. The Balaban J connectivity index is 1.29. The van der Waals surface area contributed by atoms with Crippen LogP contribution in [0.25, 0.3) is 0 Å². The highest BCUT2D eigenvalue weighted by atomic mass is 16.2. The molecule has 1 unspecified atom stereocenters. The van der Waals surface area contributed by atoms with Crippen molar-refractivity contribution in [1.82, 2.24) is 25.2 Å². The van der Waals surface area contributed by atoms with Gasteiger partial charge in [0, 0.05) is 25.2 Å². The minimum atomic E-state index is -0.170. The molecule has 1 saturated heterocycles. The van der Waals surface area contributed by atoms with E-state index in [9.17, 15) is 4.79 Å². The highest BCUT2D eigenvalue weighted by Crippen LogP contribution is 2.39. The van der Waals surface area contributed by atoms with Gasteiger partial charge >= 0.3 is 6.03 Å². The molecule has 2 fully saturated rings. The molecule has 0 spiro atoms. The van der Waals surface area contributed by atoms with Crippen LogP contribution < -0.4 is 5.32 Å². The van der Waals surface area contributed by atoms with E-state index in [0.29, 0.717) is 12.5 Å². The Morgan fingerprint density at radius 2 is 1.62 bits per heavy atom. The number of likely N-dealkylation sites (tertiary alicyclic amines) is 1. The van der Waals surface area contributed by atoms with Gasteiger partial charge in [-0.15, -0.1) is 5.10 Å². The van der Waals surface area contributed by atoms with Gasteiger partial charge < -0.3 is 10.2 Å². The van der Waals surface area contributed by atoms with Crippen molar-refractivity contribution in [3.05, 3.63) is 83.7 Å². The van der Waals surface area contributed by atoms with Crippen molar-refractivity contribution in [3.63, 3.8) is 0 Å². The first kappa shape index (κ1) is 17.9. The van der Waals surface area contributed by atoms with Gasteiger partial charge in [-0.05, 0) is 30.4 Å². The van der Waals surface area contributed by atoms with Gasteiger partial charge in [0.15, 0.2) is 0 Å². The summed E-state index contributed by atoms with van der Waals surface area (Å²) in [6.45, 7) is 1.39. The number of aromatic nitrogens is 3. The molecule has 1 saturated carbocycles. The molecule has 1 aromatic heterocycles. The molecule has 2 aliphatic rings. The summed E-state index contributed by atoms with van der Waals surface area (Å²) >= 11 is 0. The Bertz CT molecular complexity index is 928. The highest BCUT2D eigenvalue weighted by Gasteiger charge is 2.32. The third-order valence-corrected chi connectivity index (χ3v) is 5.88. The normalized spacial score (nSPS) is 18.9. The maximum atomic E-state index is 13.1. The van der Waals surface area contributed by atoms with Crippen LogP contribution in [-0.4, -0.2) is 39.0 Å². The quantitative estimate of drug-likeness (QED) is 0.722. The van der Waals surface area contributed by atoms with Crippen molar-refractivity contribution < 1.29 is 4.79 Å². The third-order valence-electron chi connectivity index (χ3n) is 5.88. The largest absolute Gasteiger partial charge is 0.327 e. The van der Waals surface area contributed by atoms with E-state index in [1.807, 2.05) is 46.0 Å². The zero-order valence-corrected chi connectivity index (χ0v) is 16.3. The number of carbonyl (C=O) groups excluding carboxylic acids is 1. The van der Waals surface area contributed by atoms with Gasteiger partial charge in [0.25, 0.3) is 0 Å². The van der Waals surface area contributed by atoms with Crippen LogP contribution in [0, 0.1) is 0 Å². The van der Waals surface area contributed by atoms with Crippen LogP contribution in [0.15, 0.2) is 66.9 Å². The fourth-order valence-corrected chi connectivity index (χ4v) is 4.04. The van der Waals surface area contributed by atoms with Crippen LogP contribution in [0.3, 0.4) is 0 Å². The second-order valence-corrected chi connectivity index (χ2v) is 7.99. The Morgan fingerprint density at radius 3 is 2.24 bits per heavy atom. The molecule has 5 rings (SSSR count). The summed E-state index contributed by atoms with van der Waals surface area (Å²) in [6, 6.07) is 20.2. The van der Waals surface area contributed by atoms with Crippen LogP contribution in [-0.2, 0) is 0 Å². The van der Waals surface area contributed by atoms with Crippen molar-refractivity contribution in [2.45, 2.75) is 37.3 Å². The molecule has 0 bridgehead atoms. The van der Waals surface area contributed by atoms with Gasteiger partial charge in [0.2, 0.25) is 0 Å². The van der Waals surface area contributed by atoms with Crippen LogP contribution in [0.2, 0.25) is 0 Å². The van der Waals surface area contributed by atoms with Gasteiger partial charge in [-0.25, -0.2) is 9.48 Å². The van der Waals surface area contributed by atoms with Gasteiger partial charge in [-0.2, -0.15) is 0 Å². The van der Waals surface area contributed by atoms with E-state index in [0.717, 1.165) is 29.8 Å². The SMILES string of the molecule is O=C(NC(c1ccccc1)c1ccccc1)N1CCC(n2cc(C3CC3)nn2)C1. The lowest BCUT2D eigenvalue weighted by Gasteiger charge is -2.24. The monoisotopic (exact) mass is 387 g/mol. The van der Waals surface area contributed by atoms with Crippen molar-refractivity contribution >= 4 is 6.03 Å². The standard InChI is InChI=1S/C23H25N5O/c29-23(24-22(18-7-3-1-4-8-18)19-9-5-2-6-10-19)27-14-13-20(15-27)28-16-21(25-26-28)17-11-12-17/h1-10,16-17,20,22H,11-15H2,(H,24,29). The Labute approximate surface area is 170 Å². The van der Waals surface area contributed by atoms with E-state index in [2.05, 4.69) is 46.1 Å². The predicted molar refractivity (Wildman–Crippen MR) is 110 cm³/mol. The molecule has 6 heteroatoms. The Morgan fingerprint density at radius 1 is 0.966 bits per heavy atom. The summed E-state index contributed by atoms with van der Waals surface area (Å²) in [5, 5.41) is 11.9. The summed E-state index contributed by atoms with van der Waals surface area (Å²) in [5.41, 5.74) is 3.25. The predicted octanol–water partition coefficient (Wildman–Crippen LogP) is 3.90. The Kier molecular flexibility index (Phi) is 4.76. The van der Waals surface area contributed by atoms with Crippen LogP contribution in [0.4, 0.5) is 4.79 Å². The number of amides is 2. The first-order chi connectivity index (χ1) is 14.3. The molecule has 148 valence electrons. The molecule has 2 heterocycles. The average Bonchev–Trinajstić information content (AvgIpc) is 3.29. The molecule has 6 nitrogen and oxygen atoms in total. The first-order valence-electron chi connectivity index (χ1n) is 10.3. The minimum Gasteiger partial charge on any atom is -0.327 e. The topological polar surface area (TPSA) is 63.1 Å². The second kappa shape index (κ2) is 7.70. The van der Waals surface area contributed by atoms with Gasteiger partial charge in [-0.3, -0.25) is 0 Å².